The van der Waals surface area contributed by atoms with Gasteiger partial charge in [0.05, 0.1) is 0 Å². The summed E-state index contributed by atoms with van der Waals surface area (Å²) in [6.45, 7) is 0. The highest BCUT2D eigenvalue weighted by Gasteiger charge is 2.41. The maximum Gasteiger partial charge on any atom is 0.204 e. The van der Waals surface area contributed by atoms with Crippen LogP contribution < -0.4 is 0 Å². The van der Waals surface area contributed by atoms with E-state index in [-0.39, 0.29) is 0 Å². The van der Waals surface area contributed by atoms with Gasteiger partial charge in [-0.1, -0.05) is 109 Å². The van der Waals surface area contributed by atoms with E-state index in [1.807, 2.05) is 78.9 Å². The predicted octanol–water partition coefficient (Wildman–Crippen LogP) is 5.92. The summed E-state index contributed by atoms with van der Waals surface area (Å²) < 4.78 is 0. The Morgan fingerprint density at radius 2 is 1.19 bits per heavy atom. The third kappa shape index (κ3) is 3.49. The van der Waals surface area contributed by atoms with Gasteiger partial charge in [-0.2, -0.15) is 0 Å². The molecule has 0 spiro atoms. The Balaban J connectivity index is 1.79. The predicted molar refractivity (Wildman–Crippen MR) is 127 cm³/mol. The monoisotopic (exact) mass is 436 g/mol. The van der Waals surface area contributed by atoms with Crippen molar-refractivity contribution in [1.82, 2.24) is 20.2 Å². The van der Waals surface area contributed by atoms with Crippen molar-refractivity contribution in [3.05, 3.63) is 138 Å². The number of nitrogens with zero attached hydrogens (tertiary/aromatic N) is 4. The minimum absolute atomic E-state index is 0.434. The summed E-state index contributed by atoms with van der Waals surface area (Å²) >= 11 is 6.04. The topological polar surface area (TPSA) is 43.6 Å². The van der Waals surface area contributed by atoms with E-state index < -0.39 is 5.54 Å². The molecule has 32 heavy (non-hydrogen) atoms. The Kier molecular flexibility index (Phi) is 5.53. The molecule has 4 aromatic carbocycles. The van der Waals surface area contributed by atoms with Crippen molar-refractivity contribution >= 4 is 11.6 Å². The highest BCUT2D eigenvalue weighted by atomic mass is 35.5. The molecule has 5 rings (SSSR count). The Bertz CT molecular complexity index is 1200. The van der Waals surface area contributed by atoms with Crippen LogP contribution in [0, 0.1) is 0 Å². The SMILES string of the molecule is ClCc1cccc(-c2nnn(C(c3ccccc3)(c3ccccc3)c3ccccc3)n2)c1. The normalized spacial score (nSPS) is 11.4. The van der Waals surface area contributed by atoms with Crippen LogP contribution in [0.2, 0.25) is 0 Å². The third-order valence-electron chi connectivity index (χ3n) is 5.63. The summed E-state index contributed by atoms with van der Waals surface area (Å²) in [5.74, 6) is 0.994. The van der Waals surface area contributed by atoms with Gasteiger partial charge in [-0.3, -0.25) is 0 Å². The van der Waals surface area contributed by atoms with Crippen LogP contribution in [0.3, 0.4) is 0 Å². The van der Waals surface area contributed by atoms with E-state index in [0.717, 1.165) is 27.8 Å². The smallest absolute Gasteiger partial charge is 0.144 e. The Morgan fingerprint density at radius 1 is 0.656 bits per heavy atom. The van der Waals surface area contributed by atoms with E-state index in [1.165, 1.54) is 0 Å². The third-order valence-corrected chi connectivity index (χ3v) is 5.94. The molecular weight excluding hydrogens is 416 g/mol. The summed E-state index contributed by atoms with van der Waals surface area (Å²) in [6, 6.07) is 38.9. The summed E-state index contributed by atoms with van der Waals surface area (Å²) in [5.41, 5.74) is 4.28. The number of tetrazole rings is 1. The highest BCUT2D eigenvalue weighted by molar-refractivity contribution is 6.17. The van der Waals surface area contributed by atoms with Crippen molar-refractivity contribution in [3.8, 4) is 11.4 Å². The van der Waals surface area contributed by atoms with E-state index in [0.29, 0.717) is 11.7 Å². The molecule has 1 heterocycles. The maximum absolute atomic E-state index is 6.04. The summed E-state index contributed by atoms with van der Waals surface area (Å²) in [5, 5.41) is 13.9. The lowest BCUT2D eigenvalue weighted by molar-refractivity contribution is 0.396. The molecule has 0 aliphatic carbocycles. The zero-order valence-electron chi connectivity index (χ0n) is 17.3. The van der Waals surface area contributed by atoms with Crippen molar-refractivity contribution in [1.29, 1.82) is 0 Å². The largest absolute Gasteiger partial charge is 0.204 e. The van der Waals surface area contributed by atoms with Crippen LogP contribution in [0.4, 0.5) is 0 Å². The van der Waals surface area contributed by atoms with E-state index in [4.69, 9.17) is 16.7 Å². The van der Waals surface area contributed by atoms with Crippen molar-refractivity contribution in [2.45, 2.75) is 11.4 Å². The lowest BCUT2D eigenvalue weighted by Gasteiger charge is -2.34. The van der Waals surface area contributed by atoms with Gasteiger partial charge in [-0.05, 0) is 33.5 Å². The molecule has 156 valence electrons. The zero-order chi connectivity index (χ0) is 21.8. The van der Waals surface area contributed by atoms with E-state index >= 15 is 0 Å². The first kappa shape index (κ1) is 20.2. The summed E-state index contributed by atoms with van der Waals surface area (Å²) in [6.07, 6.45) is 0. The number of halogens is 1. The van der Waals surface area contributed by atoms with Gasteiger partial charge in [-0.25, -0.2) is 0 Å². The Labute approximate surface area is 192 Å². The van der Waals surface area contributed by atoms with Crippen molar-refractivity contribution in [2.75, 3.05) is 0 Å². The molecule has 0 atom stereocenters. The molecule has 0 radical (unpaired) electrons. The minimum atomic E-state index is -0.779. The van der Waals surface area contributed by atoms with Gasteiger partial charge in [-0.15, -0.1) is 26.6 Å². The van der Waals surface area contributed by atoms with Crippen molar-refractivity contribution < 1.29 is 0 Å². The molecule has 0 unspecified atom stereocenters. The van der Waals surface area contributed by atoms with Crippen molar-refractivity contribution in [2.24, 2.45) is 0 Å². The molecular formula is C27H21ClN4. The average molecular weight is 437 g/mol. The molecule has 0 amide bonds. The molecule has 0 N–H and O–H groups in total. The van der Waals surface area contributed by atoms with E-state index in [1.54, 1.807) is 4.80 Å². The number of hydrogen-bond donors (Lipinski definition) is 0. The highest BCUT2D eigenvalue weighted by Crippen LogP contribution is 2.39. The fourth-order valence-corrected chi connectivity index (χ4v) is 4.32. The number of benzene rings is 4. The van der Waals surface area contributed by atoms with Gasteiger partial charge in [0, 0.05) is 11.4 Å². The first-order valence-electron chi connectivity index (χ1n) is 10.4. The zero-order valence-corrected chi connectivity index (χ0v) is 18.1. The molecule has 5 aromatic rings. The van der Waals surface area contributed by atoms with Gasteiger partial charge in [0.15, 0.2) is 5.54 Å². The summed E-state index contributed by atoms with van der Waals surface area (Å²) in [4.78, 5) is 1.73. The molecule has 0 aliphatic rings. The Morgan fingerprint density at radius 3 is 1.69 bits per heavy atom. The average Bonchev–Trinajstić information content (AvgIpc) is 3.37. The van der Waals surface area contributed by atoms with Crippen LogP contribution >= 0.6 is 11.6 Å². The number of aromatic nitrogens is 4. The lowest BCUT2D eigenvalue weighted by atomic mass is 9.77. The van der Waals surface area contributed by atoms with E-state index in [9.17, 15) is 0 Å². The first-order valence-corrected chi connectivity index (χ1v) is 11.0. The van der Waals surface area contributed by atoms with Gasteiger partial charge in [0.2, 0.25) is 5.82 Å². The second kappa shape index (κ2) is 8.77. The standard InChI is InChI=1S/C27H21ClN4/c28-20-21-11-10-12-22(19-21)26-29-31-32(30-26)27(23-13-4-1-5-14-23,24-15-6-2-7-16-24)25-17-8-3-9-18-25/h1-19H,20H2. The lowest BCUT2D eigenvalue weighted by Crippen LogP contribution is -2.39. The molecule has 0 saturated heterocycles. The molecule has 5 heteroatoms. The van der Waals surface area contributed by atoms with Gasteiger partial charge in [0.1, 0.15) is 0 Å². The Hall–Kier alpha value is -3.76. The minimum Gasteiger partial charge on any atom is -0.144 e. The van der Waals surface area contributed by atoms with Crippen LogP contribution in [0.5, 0.6) is 0 Å². The van der Waals surface area contributed by atoms with E-state index in [2.05, 4.69) is 46.7 Å². The number of hydrogen-bond acceptors (Lipinski definition) is 3. The quantitative estimate of drug-likeness (QED) is 0.245. The molecule has 0 fully saturated rings. The van der Waals surface area contributed by atoms with Crippen LogP contribution in [0.1, 0.15) is 22.3 Å². The second-order valence-corrected chi connectivity index (χ2v) is 7.81. The molecule has 0 bridgehead atoms. The van der Waals surface area contributed by atoms with Crippen LogP contribution in [0.25, 0.3) is 11.4 Å². The molecule has 0 saturated carbocycles. The number of rotatable bonds is 6. The van der Waals surface area contributed by atoms with Crippen molar-refractivity contribution in [3.63, 3.8) is 0 Å². The molecule has 1 aromatic heterocycles. The molecule has 0 aliphatic heterocycles. The van der Waals surface area contributed by atoms with Crippen LogP contribution in [-0.4, -0.2) is 20.2 Å². The molecule has 4 nitrogen and oxygen atoms in total. The number of alkyl halides is 1. The first-order chi connectivity index (χ1) is 15.8. The summed E-state index contributed by atoms with van der Waals surface area (Å²) in [7, 11) is 0. The maximum atomic E-state index is 6.04. The van der Waals surface area contributed by atoms with Gasteiger partial charge >= 0.3 is 0 Å². The van der Waals surface area contributed by atoms with Crippen LogP contribution in [-0.2, 0) is 11.4 Å². The van der Waals surface area contributed by atoms with Gasteiger partial charge < -0.3 is 0 Å². The van der Waals surface area contributed by atoms with Gasteiger partial charge in [0.25, 0.3) is 0 Å². The second-order valence-electron chi connectivity index (χ2n) is 7.54. The van der Waals surface area contributed by atoms with Crippen LogP contribution in [0.15, 0.2) is 115 Å². The fourth-order valence-electron chi connectivity index (χ4n) is 4.15. The fraction of sp³-hybridized carbons (Fsp3) is 0.0741.